The van der Waals surface area contributed by atoms with Crippen LogP contribution in [0, 0.1) is 0 Å². The van der Waals surface area contributed by atoms with Crippen molar-refractivity contribution in [3.05, 3.63) is 85.5 Å². The van der Waals surface area contributed by atoms with Gasteiger partial charge in [0.1, 0.15) is 6.54 Å². The van der Waals surface area contributed by atoms with E-state index in [1.807, 2.05) is 6.08 Å². The van der Waals surface area contributed by atoms with E-state index in [0.29, 0.717) is 0 Å². The molecule has 0 N–H and O–H groups in total. The van der Waals surface area contributed by atoms with Gasteiger partial charge in [-0.2, -0.15) is 4.57 Å². The van der Waals surface area contributed by atoms with Gasteiger partial charge in [-0.05, 0) is 35.2 Å². The van der Waals surface area contributed by atoms with Gasteiger partial charge in [0.2, 0.25) is 5.69 Å². The molecule has 2 nitrogen and oxygen atoms in total. The molecule has 0 saturated carbocycles. The molecule has 1 aromatic carbocycles. The summed E-state index contributed by atoms with van der Waals surface area (Å²) in [5.74, 6) is 0. The van der Waals surface area contributed by atoms with Gasteiger partial charge >= 0.3 is 0 Å². The maximum atomic E-state index is 3.81. The van der Waals surface area contributed by atoms with E-state index in [4.69, 9.17) is 0 Å². The molecule has 0 radical (unpaired) electrons. The van der Waals surface area contributed by atoms with Crippen molar-refractivity contribution >= 4 is 6.08 Å². The molecule has 0 aliphatic carbocycles. The highest BCUT2D eigenvalue weighted by Crippen LogP contribution is 2.16. The largest absolute Gasteiger partial charge is 0.210 e. The van der Waals surface area contributed by atoms with Gasteiger partial charge < -0.3 is 0 Å². The molecule has 156 valence electrons. The molecule has 0 aliphatic heterocycles. The maximum Gasteiger partial charge on any atom is 0.210 e. The van der Waals surface area contributed by atoms with Crippen LogP contribution in [0.3, 0.4) is 0 Å². The SMILES string of the molecule is C=Cc1ccc(-[n+]2ccc(-c3cc[n+](CCCCCCCCCC)cc3)cc2)cc1. The summed E-state index contributed by atoms with van der Waals surface area (Å²) in [6, 6.07) is 17.2. The standard InChI is InChI=1S/C28H36N2/c1-3-5-6-7-8-9-10-11-20-29-21-16-26(17-22-29)27-18-23-30(24-19-27)28-14-12-25(4-2)13-15-28/h4,12-19,21-24H,2-3,5-11,20H2,1H3/q+2. The van der Waals surface area contributed by atoms with Crippen molar-refractivity contribution < 1.29 is 9.13 Å². The van der Waals surface area contributed by atoms with Gasteiger partial charge in [-0.25, -0.2) is 4.57 Å². The zero-order chi connectivity index (χ0) is 21.0. The van der Waals surface area contributed by atoms with Crippen LogP contribution in [-0.4, -0.2) is 0 Å². The predicted molar refractivity (Wildman–Crippen MR) is 126 cm³/mol. The first-order valence-corrected chi connectivity index (χ1v) is 11.5. The third kappa shape index (κ3) is 6.66. The Morgan fingerprint density at radius 1 is 0.667 bits per heavy atom. The number of pyridine rings is 2. The second kappa shape index (κ2) is 12.1. The lowest BCUT2D eigenvalue weighted by molar-refractivity contribution is -0.697. The summed E-state index contributed by atoms with van der Waals surface area (Å²) in [6.07, 6.45) is 21.5. The first-order valence-electron chi connectivity index (χ1n) is 11.5. The Labute approximate surface area is 182 Å². The summed E-state index contributed by atoms with van der Waals surface area (Å²) in [4.78, 5) is 0. The van der Waals surface area contributed by atoms with E-state index >= 15 is 0 Å². The van der Waals surface area contributed by atoms with Crippen molar-refractivity contribution in [2.45, 2.75) is 64.8 Å². The van der Waals surface area contributed by atoms with Crippen molar-refractivity contribution in [3.8, 4) is 16.8 Å². The summed E-state index contributed by atoms with van der Waals surface area (Å²) in [7, 11) is 0. The second-order valence-electron chi connectivity index (χ2n) is 8.09. The molecule has 0 unspecified atom stereocenters. The number of rotatable bonds is 12. The highest BCUT2D eigenvalue weighted by Gasteiger charge is 2.08. The molecule has 0 saturated heterocycles. The van der Waals surface area contributed by atoms with Crippen LogP contribution in [0.1, 0.15) is 63.9 Å². The van der Waals surface area contributed by atoms with E-state index in [1.54, 1.807) is 0 Å². The van der Waals surface area contributed by atoms with Gasteiger partial charge in [-0.3, -0.25) is 0 Å². The molecular weight excluding hydrogens is 364 g/mol. The predicted octanol–water partition coefficient (Wildman–Crippen LogP) is 6.70. The lowest BCUT2D eigenvalue weighted by atomic mass is 10.1. The third-order valence-electron chi connectivity index (χ3n) is 5.75. The number of benzene rings is 1. The number of unbranched alkanes of at least 4 members (excludes halogenated alkanes) is 7. The van der Waals surface area contributed by atoms with E-state index < -0.39 is 0 Å². The van der Waals surface area contributed by atoms with Gasteiger partial charge in [-0.1, -0.05) is 58.1 Å². The normalized spacial score (nSPS) is 10.8. The highest BCUT2D eigenvalue weighted by atomic mass is 14.9. The second-order valence-corrected chi connectivity index (χ2v) is 8.09. The van der Waals surface area contributed by atoms with E-state index in [1.165, 1.54) is 62.5 Å². The molecule has 2 aromatic heterocycles. The third-order valence-corrected chi connectivity index (χ3v) is 5.75. The molecule has 0 bridgehead atoms. The Hall–Kier alpha value is -2.74. The van der Waals surface area contributed by atoms with Crippen LogP contribution in [0.4, 0.5) is 0 Å². The fourth-order valence-corrected chi connectivity index (χ4v) is 3.80. The maximum absolute atomic E-state index is 3.81. The van der Waals surface area contributed by atoms with Crippen molar-refractivity contribution in [2.75, 3.05) is 0 Å². The zero-order valence-electron chi connectivity index (χ0n) is 18.5. The summed E-state index contributed by atoms with van der Waals surface area (Å²) in [5, 5.41) is 0. The molecule has 3 aromatic rings. The van der Waals surface area contributed by atoms with Gasteiger partial charge in [0.25, 0.3) is 0 Å². The molecule has 0 aliphatic rings. The summed E-state index contributed by atoms with van der Waals surface area (Å²) in [5.41, 5.74) is 4.80. The molecule has 0 amide bonds. The van der Waals surface area contributed by atoms with E-state index in [-0.39, 0.29) is 0 Å². The lowest BCUT2D eigenvalue weighted by Crippen LogP contribution is -2.32. The molecule has 2 heteroatoms. The molecule has 30 heavy (non-hydrogen) atoms. The van der Waals surface area contributed by atoms with Crippen LogP contribution in [0.25, 0.3) is 22.9 Å². The first-order chi connectivity index (χ1) is 14.8. The minimum Gasteiger partial charge on any atom is -0.205 e. The fraction of sp³-hybridized carbons (Fsp3) is 0.357. The molecule has 0 atom stereocenters. The number of hydrogen-bond donors (Lipinski definition) is 0. The van der Waals surface area contributed by atoms with Crippen LogP contribution in [0.15, 0.2) is 79.9 Å². The van der Waals surface area contributed by atoms with E-state index in [2.05, 4.69) is 96.0 Å². The van der Waals surface area contributed by atoms with Crippen molar-refractivity contribution in [1.82, 2.24) is 0 Å². The summed E-state index contributed by atoms with van der Waals surface area (Å²) in [6.45, 7) is 7.21. The van der Waals surface area contributed by atoms with E-state index in [0.717, 1.165) is 17.8 Å². The number of nitrogens with zero attached hydrogens (tertiary/aromatic N) is 2. The summed E-state index contributed by atoms with van der Waals surface area (Å²) >= 11 is 0. The Kier molecular flexibility index (Phi) is 8.83. The van der Waals surface area contributed by atoms with Crippen LogP contribution in [0.5, 0.6) is 0 Å². The van der Waals surface area contributed by atoms with Crippen LogP contribution in [0.2, 0.25) is 0 Å². The fourth-order valence-electron chi connectivity index (χ4n) is 3.80. The van der Waals surface area contributed by atoms with Gasteiger partial charge in [0.15, 0.2) is 24.8 Å². The average molecular weight is 401 g/mol. The van der Waals surface area contributed by atoms with Crippen LogP contribution < -0.4 is 9.13 Å². The molecule has 2 heterocycles. The monoisotopic (exact) mass is 400 g/mol. The van der Waals surface area contributed by atoms with E-state index in [9.17, 15) is 0 Å². The quantitative estimate of drug-likeness (QED) is 0.236. The van der Waals surface area contributed by atoms with Crippen LogP contribution >= 0.6 is 0 Å². The number of aryl methyl sites for hydroxylation is 1. The number of hydrogen-bond acceptors (Lipinski definition) is 0. The lowest BCUT2D eigenvalue weighted by Gasteiger charge is -2.02. The Bertz CT molecular complexity index is 877. The zero-order valence-corrected chi connectivity index (χ0v) is 18.5. The molecular formula is C28H36N2+2. The Morgan fingerprint density at radius 3 is 1.77 bits per heavy atom. The van der Waals surface area contributed by atoms with Gasteiger partial charge in [-0.15, -0.1) is 0 Å². The molecule has 0 spiro atoms. The Balaban J connectivity index is 1.47. The van der Waals surface area contributed by atoms with Crippen molar-refractivity contribution in [3.63, 3.8) is 0 Å². The Morgan fingerprint density at radius 2 is 1.20 bits per heavy atom. The molecule has 3 rings (SSSR count). The van der Waals surface area contributed by atoms with Crippen molar-refractivity contribution in [1.29, 1.82) is 0 Å². The van der Waals surface area contributed by atoms with Gasteiger partial charge in [0, 0.05) is 42.8 Å². The topological polar surface area (TPSA) is 7.76 Å². The smallest absolute Gasteiger partial charge is 0.205 e. The molecule has 0 fully saturated rings. The van der Waals surface area contributed by atoms with Gasteiger partial charge in [0.05, 0.1) is 0 Å². The highest BCUT2D eigenvalue weighted by molar-refractivity contribution is 5.61. The van der Waals surface area contributed by atoms with Crippen molar-refractivity contribution in [2.24, 2.45) is 0 Å². The van der Waals surface area contributed by atoms with Crippen LogP contribution in [-0.2, 0) is 6.54 Å². The number of aromatic nitrogens is 2. The average Bonchev–Trinajstić information content (AvgIpc) is 2.81. The minimum atomic E-state index is 1.12. The summed E-state index contributed by atoms with van der Waals surface area (Å²) < 4.78 is 4.45. The minimum absolute atomic E-state index is 1.12. The first kappa shape index (κ1) is 22.0.